The molecule has 0 aromatic carbocycles. The van der Waals surface area contributed by atoms with Crippen molar-refractivity contribution in [3.8, 4) is 0 Å². The van der Waals surface area contributed by atoms with Crippen LogP contribution in [0.1, 0.15) is 0 Å². The van der Waals surface area contributed by atoms with Crippen molar-refractivity contribution in [1.82, 2.24) is 24.0 Å². The smallest absolute Gasteiger partial charge is 0.330 e. The number of anilines is 1. The van der Waals surface area contributed by atoms with Gasteiger partial charge in [-0.3, -0.25) is 14.0 Å². The Balaban J connectivity index is 2.47. The Kier molecular flexibility index (Phi) is 5.94. The molecule has 0 radical (unpaired) electrons. The Labute approximate surface area is 145 Å². The van der Waals surface area contributed by atoms with E-state index in [0.717, 1.165) is 0 Å². The van der Waals surface area contributed by atoms with Gasteiger partial charge in [-0.2, -0.15) is 9.97 Å². The van der Waals surface area contributed by atoms with Crippen molar-refractivity contribution in [2.24, 2.45) is 0 Å². The van der Waals surface area contributed by atoms with Gasteiger partial charge in [-0.25, -0.2) is 4.79 Å². The van der Waals surface area contributed by atoms with Gasteiger partial charge in [-0.05, 0) is 0 Å². The van der Waals surface area contributed by atoms with E-state index in [1.165, 1.54) is 4.57 Å². The zero-order valence-corrected chi connectivity index (χ0v) is 14.2. The van der Waals surface area contributed by atoms with Crippen LogP contribution in [0.15, 0.2) is 42.8 Å². The van der Waals surface area contributed by atoms with Crippen molar-refractivity contribution >= 4 is 28.7 Å². The Morgan fingerprint density at radius 1 is 1.12 bits per heavy atom. The second-order valence-electron chi connectivity index (χ2n) is 5.22. The van der Waals surface area contributed by atoms with Crippen molar-refractivity contribution in [2.75, 3.05) is 25.4 Å². The largest absolute Gasteiger partial charge is 0.368 e. The number of nitrogens with two attached hydrogens (primary N) is 1. The number of fused-ring (bicyclic) bond motifs is 1. The average Bonchev–Trinajstić information content (AvgIpc) is 2.79. The minimum Gasteiger partial charge on any atom is -0.368 e. The summed E-state index contributed by atoms with van der Waals surface area (Å²) >= 11 is 6.21. The maximum atomic E-state index is 12.7. The highest BCUT2D eigenvalue weighted by Crippen LogP contribution is 2.20. The molecule has 0 aliphatic carbocycles. The van der Waals surface area contributed by atoms with Crippen LogP contribution in [0, 0.1) is 0 Å². The maximum Gasteiger partial charge on any atom is 0.330 e. The molecule has 2 rings (SSSR count). The van der Waals surface area contributed by atoms with Crippen LogP contribution in [-0.4, -0.2) is 43.6 Å². The maximum absolute atomic E-state index is 12.7. The lowest BCUT2D eigenvalue weighted by molar-refractivity contribution is 0.318. The number of allylic oxidation sites excluding steroid dienone is 1. The number of aromatic nitrogens is 4. The first kappa shape index (κ1) is 18.0. The van der Waals surface area contributed by atoms with Gasteiger partial charge in [0.05, 0.1) is 0 Å². The van der Waals surface area contributed by atoms with E-state index < -0.39 is 0 Å². The average molecular weight is 349 g/mol. The summed E-state index contributed by atoms with van der Waals surface area (Å²) in [6.07, 6.45) is 5.24. The third-order valence-corrected chi connectivity index (χ3v) is 3.82. The fourth-order valence-electron chi connectivity index (χ4n) is 2.55. The van der Waals surface area contributed by atoms with Crippen molar-refractivity contribution in [2.45, 2.75) is 13.1 Å². The van der Waals surface area contributed by atoms with E-state index in [9.17, 15) is 4.79 Å². The molecule has 24 heavy (non-hydrogen) atoms. The summed E-state index contributed by atoms with van der Waals surface area (Å²) in [4.78, 5) is 23.0. The molecular weight excluding hydrogens is 328 g/mol. The molecule has 0 bridgehead atoms. The predicted octanol–water partition coefficient (Wildman–Crippen LogP) is 1.69. The van der Waals surface area contributed by atoms with Crippen molar-refractivity contribution < 1.29 is 0 Å². The van der Waals surface area contributed by atoms with Crippen LogP contribution in [0.3, 0.4) is 0 Å². The second-order valence-corrected chi connectivity index (χ2v) is 5.57. The standard InChI is InChI=1S/C16H21ClN6O/c1-4-7-21(8-5-2)10-11-22-12-13(17)19-15(18)20-14(12)23(9-6-3)16(22)24/h4-6H,1-3,7-11H2,(H2,18,19,20). The third kappa shape index (κ3) is 3.58. The summed E-state index contributed by atoms with van der Waals surface area (Å²) in [7, 11) is 0. The quantitative estimate of drug-likeness (QED) is 0.551. The molecule has 7 nitrogen and oxygen atoms in total. The van der Waals surface area contributed by atoms with Gasteiger partial charge in [0.1, 0.15) is 5.52 Å². The van der Waals surface area contributed by atoms with Crippen LogP contribution < -0.4 is 11.4 Å². The fraction of sp³-hybridized carbons (Fsp3) is 0.312. The zero-order chi connectivity index (χ0) is 17.7. The molecular formula is C16H21ClN6O. The molecule has 0 saturated heterocycles. The van der Waals surface area contributed by atoms with Gasteiger partial charge in [0.2, 0.25) is 5.95 Å². The van der Waals surface area contributed by atoms with E-state index in [1.807, 2.05) is 12.2 Å². The van der Waals surface area contributed by atoms with E-state index in [1.54, 1.807) is 10.6 Å². The van der Waals surface area contributed by atoms with Gasteiger partial charge in [-0.1, -0.05) is 29.8 Å². The fourth-order valence-corrected chi connectivity index (χ4v) is 2.82. The minimum atomic E-state index is -0.219. The number of hydrogen-bond acceptors (Lipinski definition) is 5. The van der Waals surface area contributed by atoms with E-state index in [-0.39, 0.29) is 16.8 Å². The first-order valence-corrected chi connectivity index (χ1v) is 7.88. The van der Waals surface area contributed by atoms with Crippen molar-refractivity contribution in [1.29, 1.82) is 0 Å². The molecule has 0 spiro atoms. The summed E-state index contributed by atoms with van der Waals surface area (Å²) < 4.78 is 3.05. The van der Waals surface area contributed by atoms with E-state index in [0.29, 0.717) is 43.9 Å². The summed E-state index contributed by atoms with van der Waals surface area (Å²) in [5.74, 6) is 0.0300. The number of nitrogen functional groups attached to an aromatic ring is 1. The van der Waals surface area contributed by atoms with Crippen molar-refractivity contribution in [3.63, 3.8) is 0 Å². The van der Waals surface area contributed by atoms with Crippen molar-refractivity contribution in [3.05, 3.63) is 53.6 Å². The topological polar surface area (TPSA) is 82.0 Å². The number of hydrogen-bond donors (Lipinski definition) is 1. The SMILES string of the molecule is C=CCN(CC=C)CCn1c(=O)n(CC=C)c2nc(N)nc(Cl)c21. The second kappa shape index (κ2) is 7.94. The normalized spacial score (nSPS) is 11.1. The molecule has 2 N–H and O–H groups in total. The van der Waals surface area contributed by atoms with Gasteiger partial charge < -0.3 is 5.73 Å². The molecule has 0 aliphatic rings. The molecule has 0 saturated carbocycles. The van der Waals surface area contributed by atoms with Gasteiger partial charge in [0.25, 0.3) is 0 Å². The molecule has 0 atom stereocenters. The van der Waals surface area contributed by atoms with Crippen LogP contribution in [0.2, 0.25) is 5.15 Å². The summed E-state index contributed by atoms with van der Waals surface area (Å²) in [6.45, 7) is 13.9. The molecule has 8 heteroatoms. The van der Waals surface area contributed by atoms with Crippen LogP contribution in [0.25, 0.3) is 11.2 Å². The molecule has 2 heterocycles. The predicted molar refractivity (Wildman–Crippen MR) is 98.2 cm³/mol. The molecule has 0 unspecified atom stereocenters. The highest BCUT2D eigenvalue weighted by Gasteiger charge is 2.18. The van der Waals surface area contributed by atoms with E-state index in [2.05, 4.69) is 34.6 Å². The summed E-state index contributed by atoms with van der Waals surface area (Å²) in [6, 6.07) is 0. The minimum absolute atomic E-state index is 0.0300. The zero-order valence-electron chi connectivity index (χ0n) is 13.5. The highest BCUT2D eigenvalue weighted by atomic mass is 35.5. The number of rotatable bonds is 9. The van der Waals surface area contributed by atoms with Gasteiger partial charge >= 0.3 is 5.69 Å². The molecule has 2 aromatic rings. The molecule has 2 aromatic heterocycles. The molecule has 0 fully saturated rings. The molecule has 0 amide bonds. The van der Waals surface area contributed by atoms with Crippen LogP contribution in [-0.2, 0) is 13.1 Å². The number of imidazole rings is 1. The molecule has 0 aliphatic heterocycles. The monoisotopic (exact) mass is 348 g/mol. The Morgan fingerprint density at radius 3 is 2.38 bits per heavy atom. The number of nitrogens with zero attached hydrogens (tertiary/aromatic N) is 5. The van der Waals surface area contributed by atoms with Crippen LogP contribution in [0.5, 0.6) is 0 Å². The number of halogens is 1. The molecule has 128 valence electrons. The third-order valence-electron chi connectivity index (χ3n) is 3.55. The van der Waals surface area contributed by atoms with E-state index >= 15 is 0 Å². The lowest BCUT2D eigenvalue weighted by atomic mass is 10.4. The van der Waals surface area contributed by atoms with E-state index in [4.69, 9.17) is 17.3 Å². The lowest BCUT2D eigenvalue weighted by Crippen LogP contribution is -2.32. The van der Waals surface area contributed by atoms with Gasteiger partial charge in [0.15, 0.2) is 10.8 Å². The first-order chi connectivity index (χ1) is 11.5. The van der Waals surface area contributed by atoms with Crippen LogP contribution in [0.4, 0.5) is 5.95 Å². The highest BCUT2D eigenvalue weighted by molar-refractivity contribution is 6.33. The Bertz CT molecular complexity index is 812. The first-order valence-electron chi connectivity index (χ1n) is 7.50. The summed E-state index contributed by atoms with van der Waals surface area (Å²) in [5.41, 5.74) is 6.34. The van der Waals surface area contributed by atoms with Gasteiger partial charge in [0, 0.05) is 32.7 Å². The van der Waals surface area contributed by atoms with Crippen LogP contribution >= 0.6 is 11.6 Å². The summed E-state index contributed by atoms with van der Waals surface area (Å²) in [5, 5.41) is 0.163. The Morgan fingerprint density at radius 2 is 1.79 bits per heavy atom. The van der Waals surface area contributed by atoms with Gasteiger partial charge in [-0.15, -0.1) is 19.7 Å². The lowest BCUT2D eigenvalue weighted by Gasteiger charge is -2.18. The Hall–Kier alpha value is -2.38.